The van der Waals surface area contributed by atoms with Crippen LogP contribution in [-0.2, 0) is 12.8 Å². The fourth-order valence-electron chi connectivity index (χ4n) is 1.72. The smallest absolute Gasteiger partial charge is 0.193 e. The van der Waals surface area contributed by atoms with E-state index in [1.165, 1.54) is 24.2 Å². The van der Waals surface area contributed by atoms with Gasteiger partial charge in [-0.3, -0.25) is 0 Å². The third kappa shape index (κ3) is 2.96. The van der Waals surface area contributed by atoms with Gasteiger partial charge in [-0.25, -0.2) is 9.67 Å². The maximum Gasteiger partial charge on any atom is 0.193 e. The Morgan fingerprint density at radius 2 is 2.28 bits per heavy atom. The van der Waals surface area contributed by atoms with Gasteiger partial charge in [0.2, 0.25) is 0 Å². The summed E-state index contributed by atoms with van der Waals surface area (Å²) in [6.45, 7) is 4.23. The standard InChI is InChI=1S/C13H19N3OS/c1-4-5-6-18-8-11-7-12(17-10(11)2)13-14-9-15-16(13)3/h7,9H,4-6,8H2,1-3H3. The highest BCUT2D eigenvalue weighted by molar-refractivity contribution is 7.98. The van der Waals surface area contributed by atoms with Crippen molar-refractivity contribution in [1.82, 2.24) is 14.8 Å². The van der Waals surface area contributed by atoms with Crippen LogP contribution in [0.2, 0.25) is 0 Å². The van der Waals surface area contributed by atoms with Crippen molar-refractivity contribution in [3.05, 3.63) is 23.7 Å². The molecular weight excluding hydrogens is 246 g/mol. The van der Waals surface area contributed by atoms with Gasteiger partial charge in [0.25, 0.3) is 0 Å². The van der Waals surface area contributed by atoms with E-state index in [4.69, 9.17) is 4.42 Å². The molecule has 0 N–H and O–H groups in total. The van der Waals surface area contributed by atoms with Crippen molar-refractivity contribution in [3.8, 4) is 11.6 Å². The van der Waals surface area contributed by atoms with Crippen LogP contribution in [-0.4, -0.2) is 20.5 Å². The monoisotopic (exact) mass is 265 g/mol. The first kappa shape index (κ1) is 13.2. The Bertz CT molecular complexity index is 504. The molecule has 2 aromatic heterocycles. The molecular formula is C13H19N3OS. The molecule has 2 heterocycles. The molecule has 0 aliphatic carbocycles. The highest BCUT2D eigenvalue weighted by Crippen LogP contribution is 2.26. The van der Waals surface area contributed by atoms with Gasteiger partial charge in [-0.2, -0.15) is 16.9 Å². The summed E-state index contributed by atoms with van der Waals surface area (Å²) < 4.78 is 7.49. The molecule has 0 amide bonds. The summed E-state index contributed by atoms with van der Waals surface area (Å²) in [5.74, 6) is 4.78. The second-order valence-electron chi connectivity index (χ2n) is 4.31. The van der Waals surface area contributed by atoms with Gasteiger partial charge in [0, 0.05) is 18.4 Å². The predicted molar refractivity (Wildman–Crippen MR) is 74.5 cm³/mol. The van der Waals surface area contributed by atoms with Crippen LogP contribution in [0.25, 0.3) is 11.6 Å². The number of nitrogens with zero attached hydrogens (tertiary/aromatic N) is 3. The Morgan fingerprint density at radius 1 is 1.44 bits per heavy atom. The Hall–Kier alpha value is -1.23. The predicted octanol–water partition coefficient (Wildman–Crippen LogP) is 3.42. The van der Waals surface area contributed by atoms with E-state index in [-0.39, 0.29) is 0 Å². The molecule has 0 saturated carbocycles. The molecule has 0 unspecified atom stereocenters. The second-order valence-corrected chi connectivity index (χ2v) is 5.41. The van der Waals surface area contributed by atoms with E-state index >= 15 is 0 Å². The van der Waals surface area contributed by atoms with E-state index < -0.39 is 0 Å². The number of unbranched alkanes of at least 4 members (excludes halogenated alkanes) is 1. The van der Waals surface area contributed by atoms with E-state index in [0.29, 0.717) is 0 Å². The van der Waals surface area contributed by atoms with E-state index in [0.717, 1.165) is 23.1 Å². The van der Waals surface area contributed by atoms with Crippen LogP contribution < -0.4 is 0 Å². The normalized spacial score (nSPS) is 11.1. The van der Waals surface area contributed by atoms with Crippen LogP contribution in [0.15, 0.2) is 16.8 Å². The Kier molecular flexibility index (Phi) is 4.47. The number of rotatable bonds is 6. The van der Waals surface area contributed by atoms with Gasteiger partial charge in [0.05, 0.1) is 0 Å². The van der Waals surface area contributed by atoms with Gasteiger partial charge < -0.3 is 4.42 Å². The largest absolute Gasteiger partial charge is 0.458 e. The fourth-order valence-corrected chi connectivity index (χ4v) is 2.86. The number of thioether (sulfide) groups is 1. The zero-order chi connectivity index (χ0) is 13.0. The summed E-state index contributed by atoms with van der Waals surface area (Å²) in [6, 6.07) is 2.08. The lowest BCUT2D eigenvalue weighted by molar-refractivity contribution is 0.536. The van der Waals surface area contributed by atoms with Crippen molar-refractivity contribution in [2.24, 2.45) is 7.05 Å². The molecule has 0 aliphatic rings. The number of hydrogen-bond acceptors (Lipinski definition) is 4. The molecule has 2 aromatic rings. The SMILES string of the molecule is CCCCSCc1cc(-c2ncnn2C)oc1C. The van der Waals surface area contributed by atoms with Gasteiger partial charge in [-0.15, -0.1) is 0 Å². The lowest BCUT2D eigenvalue weighted by Crippen LogP contribution is -1.92. The molecule has 0 aromatic carbocycles. The van der Waals surface area contributed by atoms with Crippen molar-refractivity contribution >= 4 is 11.8 Å². The summed E-state index contributed by atoms with van der Waals surface area (Å²) in [7, 11) is 1.87. The van der Waals surface area contributed by atoms with E-state index in [9.17, 15) is 0 Å². The molecule has 0 bridgehead atoms. The van der Waals surface area contributed by atoms with Gasteiger partial charge in [0.15, 0.2) is 11.6 Å². The van der Waals surface area contributed by atoms with Gasteiger partial charge in [-0.05, 0) is 25.2 Å². The Balaban J connectivity index is 2.05. The minimum Gasteiger partial charge on any atom is -0.458 e. The fraction of sp³-hybridized carbons (Fsp3) is 0.538. The zero-order valence-electron chi connectivity index (χ0n) is 11.1. The van der Waals surface area contributed by atoms with Crippen molar-refractivity contribution in [2.45, 2.75) is 32.4 Å². The van der Waals surface area contributed by atoms with E-state index in [2.05, 4.69) is 23.1 Å². The highest BCUT2D eigenvalue weighted by atomic mass is 32.2. The molecule has 0 spiro atoms. The molecule has 0 atom stereocenters. The molecule has 5 heteroatoms. The van der Waals surface area contributed by atoms with E-state index in [1.54, 1.807) is 11.0 Å². The second kappa shape index (κ2) is 6.09. The molecule has 0 radical (unpaired) electrons. The highest BCUT2D eigenvalue weighted by Gasteiger charge is 2.13. The summed E-state index contributed by atoms with van der Waals surface area (Å²) in [6.07, 6.45) is 4.07. The maximum atomic E-state index is 5.76. The summed E-state index contributed by atoms with van der Waals surface area (Å²) >= 11 is 1.96. The van der Waals surface area contributed by atoms with Crippen LogP contribution in [0, 0.1) is 6.92 Å². The Morgan fingerprint density at radius 3 is 2.94 bits per heavy atom. The average Bonchev–Trinajstić information content (AvgIpc) is 2.91. The number of furan rings is 1. The molecule has 0 aliphatic heterocycles. The summed E-state index contributed by atoms with van der Waals surface area (Å²) in [5.41, 5.74) is 1.26. The summed E-state index contributed by atoms with van der Waals surface area (Å²) in [5, 5.41) is 4.06. The quantitative estimate of drug-likeness (QED) is 0.751. The zero-order valence-corrected chi connectivity index (χ0v) is 12.0. The lowest BCUT2D eigenvalue weighted by Gasteiger charge is -1.98. The number of aryl methyl sites for hydroxylation is 2. The summed E-state index contributed by atoms with van der Waals surface area (Å²) in [4.78, 5) is 4.20. The van der Waals surface area contributed by atoms with Crippen molar-refractivity contribution in [3.63, 3.8) is 0 Å². The third-order valence-corrected chi connectivity index (χ3v) is 3.94. The topological polar surface area (TPSA) is 43.9 Å². The van der Waals surface area contributed by atoms with Crippen molar-refractivity contribution in [2.75, 3.05) is 5.75 Å². The van der Waals surface area contributed by atoms with Crippen LogP contribution in [0.4, 0.5) is 0 Å². The molecule has 4 nitrogen and oxygen atoms in total. The first-order valence-electron chi connectivity index (χ1n) is 6.23. The number of hydrogen-bond donors (Lipinski definition) is 0. The minimum absolute atomic E-state index is 0.780. The van der Waals surface area contributed by atoms with Crippen LogP contribution in [0.1, 0.15) is 31.1 Å². The van der Waals surface area contributed by atoms with Gasteiger partial charge in [-0.1, -0.05) is 13.3 Å². The third-order valence-electron chi connectivity index (χ3n) is 2.85. The lowest BCUT2D eigenvalue weighted by atomic mass is 10.3. The Labute approximate surface area is 112 Å². The molecule has 98 valence electrons. The first-order valence-corrected chi connectivity index (χ1v) is 7.39. The molecule has 0 fully saturated rings. The molecule has 18 heavy (non-hydrogen) atoms. The van der Waals surface area contributed by atoms with Crippen molar-refractivity contribution in [1.29, 1.82) is 0 Å². The number of aromatic nitrogens is 3. The van der Waals surface area contributed by atoms with Crippen LogP contribution in [0.3, 0.4) is 0 Å². The molecule has 0 saturated heterocycles. The van der Waals surface area contributed by atoms with Gasteiger partial charge >= 0.3 is 0 Å². The maximum absolute atomic E-state index is 5.76. The van der Waals surface area contributed by atoms with Crippen LogP contribution >= 0.6 is 11.8 Å². The van der Waals surface area contributed by atoms with Crippen molar-refractivity contribution < 1.29 is 4.42 Å². The van der Waals surface area contributed by atoms with E-state index in [1.807, 2.05) is 25.7 Å². The van der Waals surface area contributed by atoms with Crippen LogP contribution in [0.5, 0.6) is 0 Å². The van der Waals surface area contributed by atoms with Gasteiger partial charge in [0.1, 0.15) is 12.1 Å². The molecule has 2 rings (SSSR count). The average molecular weight is 265 g/mol. The first-order chi connectivity index (χ1) is 8.72. The minimum atomic E-state index is 0.780.